The zero-order valence-corrected chi connectivity index (χ0v) is 21.8. The van der Waals surface area contributed by atoms with E-state index >= 15 is 0 Å². The van der Waals surface area contributed by atoms with Crippen LogP contribution in [0.3, 0.4) is 0 Å². The minimum atomic E-state index is 0.354. The average molecular weight is 423 g/mol. The number of hydrogen-bond donors (Lipinski definition) is 0. The first-order valence-electron chi connectivity index (χ1n) is 13.3. The lowest BCUT2D eigenvalue weighted by molar-refractivity contribution is 0.112. The molecule has 6 atom stereocenters. The van der Waals surface area contributed by atoms with Gasteiger partial charge in [-0.2, -0.15) is 0 Å². The zero-order valence-electron chi connectivity index (χ0n) is 21.8. The van der Waals surface area contributed by atoms with Crippen LogP contribution in [-0.2, 0) is 0 Å². The summed E-state index contributed by atoms with van der Waals surface area (Å²) in [6, 6.07) is 0. The smallest absolute Gasteiger partial charge is 0.0143 e. The predicted molar refractivity (Wildman–Crippen MR) is 138 cm³/mol. The number of hydrogen-bond acceptors (Lipinski definition) is 0. The molecule has 3 aliphatic carbocycles. The molecule has 0 saturated heterocycles. The fourth-order valence-electron chi connectivity index (χ4n) is 6.89. The van der Waals surface area contributed by atoms with E-state index in [1.54, 1.807) is 11.1 Å². The molecule has 0 aromatic rings. The highest BCUT2D eigenvalue weighted by molar-refractivity contribution is 5.37. The Bertz CT molecular complexity index is 724. The molecule has 0 nitrogen and oxygen atoms in total. The molecule has 0 radical (unpaired) electrons. The van der Waals surface area contributed by atoms with Crippen LogP contribution in [0.2, 0.25) is 0 Å². The van der Waals surface area contributed by atoms with E-state index in [0.717, 1.165) is 11.8 Å². The van der Waals surface area contributed by atoms with Crippen molar-refractivity contribution in [3.05, 3.63) is 47.6 Å². The molecule has 0 amide bonds. The summed E-state index contributed by atoms with van der Waals surface area (Å²) in [6.45, 7) is 21.4. The fraction of sp³-hybridized carbons (Fsp3) is 0.742. The minimum Gasteiger partial charge on any atom is -0.0953 e. The Hall–Kier alpha value is -1.04. The largest absolute Gasteiger partial charge is 0.0953 e. The van der Waals surface area contributed by atoms with Gasteiger partial charge in [0.1, 0.15) is 0 Å². The van der Waals surface area contributed by atoms with E-state index in [4.69, 9.17) is 0 Å². The zero-order chi connectivity index (χ0) is 22.8. The number of rotatable bonds is 5. The molecule has 3 saturated carbocycles. The maximum absolute atomic E-state index is 4.47. The van der Waals surface area contributed by atoms with Crippen LogP contribution in [0.25, 0.3) is 0 Å². The molecular weight excluding hydrogens is 372 g/mol. The standard InChI is InChI=1S/C31H50/c1-9-25-12-10-13-26(24(25)4)17-18-27-14-11-21-31(8)28(19-20-29(27)31)22(2)15-16-23(3)30(5,6)7/h15-18,22-23,25,28-29H,4,9-14,19-21H2,1-3,5-8H3. The molecule has 0 N–H and O–H groups in total. The quantitative estimate of drug-likeness (QED) is 0.387. The molecule has 0 heteroatoms. The molecule has 0 aromatic heterocycles. The Morgan fingerprint density at radius 2 is 1.77 bits per heavy atom. The van der Waals surface area contributed by atoms with Crippen LogP contribution in [0.5, 0.6) is 0 Å². The van der Waals surface area contributed by atoms with E-state index in [2.05, 4.69) is 79.3 Å². The highest BCUT2D eigenvalue weighted by Gasteiger charge is 2.50. The molecule has 0 aromatic carbocycles. The summed E-state index contributed by atoms with van der Waals surface area (Å²) in [5.74, 6) is 3.64. The third kappa shape index (κ3) is 5.31. The monoisotopic (exact) mass is 422 g/mol. The summed E-state index contributed by atoms with van der Waals surface area (Å²) in [4.78, 5) is 0. The maximum Gasteiger partial charge on any atom is -0.0143 e. The molecule has 3 fully saturated rings. The SMILES string of the molecule is C=C1C(=CC=C2CCCC3(C)C2CCC3C(C)C=CC(C)C(C)(C)C)CCCC1CC. The van der Waals surface area contributed by atoms with Gasteiger partial charge in [0.15, 0.2) is 0 Å². The van der Waals surface area contributed by atoms with Crippen LogP contribution >= 0.6 is 0 Å². The predicted octanol–water partition coefficient (Wildman–Crippen LogP) is 9.70. The summed E-state index contributed by atoms with van der Waals surface area (Å²) in [6.07, 6.45) is 22.1. The lowest BCUT2D eigenvalue weighted by Gasteiger charge is -2.44. The lowest BCUT2D eigenvalue weighted by atomic mass is 9.61. The van der Waals surface area contributed by atoms with Gasteiger partial charge in [0, 0.05) is 0 Å². The van der Waals surface area contributed by atoms with Crippen molar-refractivity contribution in [2.45, 2.75) is 106 Å². The van der Waals surface area contributed by atoms with Crippen LogP contribution in [-0.4, -0.2) is 0 Å². The van der Waals surface area contributed by atoms with Crippen molar-refractivity contribution in [3.63, 3.8) is 0 Å². The fourth-order valence-corrected chi connectivity index (χ4v) is 6.89. The summed E-state index contributed by atoms with van der Waals surface area (Å²) in [5, 5.41) is 0. The molecule has 0 heterocycles. The molecule has 31 heavy (non-hydrogen) atoms. The van der Waals surface area contributed by atoms with Crippen molar-refractivity contribution < 1.29 is 0 Å². The first kappa shape index (κ1) is 24.6. The van der Waals surface area contributed by atoms with Crippen molar-refractivity contribution in [1.82, 2.24) is 0 Å². The van der Waals surface area contributed by atoms with Crippen LogP contribution in [0, 0.1) is 40.4 Å². The highest BCUT2D eigenvalue weighted by atomic mass is 14.5. The van der Waals surface area contributed by atoms with E-state index in [1.165, 1.54) is 63.4 Å². The first-order valence-corrected chi connectivity index (χ1v) is 13.3. The topological polar surface area (TPSA) is 0 Å². The van der Waals surface area contributed by atoms with Gasteiger partial charge in [0.25, 0.3) is 0 Å². The highest BCUT2D eigenvalue weighted by Crippen LogP contribution is 2.59. The van der Waals surface area contributed by atoms with E-state index < -0.39 is 0 Å². The molecule has 174 valence electrons. The summed E-state index contributed by atoms with van der Waals surface area (Å²) in [7, 11) is 0. The third-order valence-electron chi connectivity index (χ3n) is 9.64. The van der Waals surface area contributed by atoms with Gasteiger partial charge in [-0.3, -0.25) is 0 Å². The van der Waals surface area contributed by atoms with Gasteiger partial charge >= 0.3 is 0 Å². The summed E-state index contributed by atoms with van der Waals surface area (Å²) >= 11 is 0. The maximum atomic E-state index is 4.47. The van der Waals surface area contributed by atoms with E-state index in [0.29, 0.717) is 28.6 Å². The van der Waals surface area contributed by atoms with E-state index in [9.17, 15) is 0 Å². The molecule has 0 spiro atoms. The normalized spacial score (nSPS) is 36.9. The van der Waals surface area contributed by atoms with E-state index in [-0.39, 0.29) is 0 Å². The molecule has 6 unspecified atom stereocenters. The third-order valence-corrected chi connectivity index (χ3v) is 9.64. The Morgan fingerprint density at radius 3 is 2.45 bits per heavy atom. The van der Waals surface area contributed by atoms with Gasteiger partial charge < -0.3 is 0 Å². The Morgan fingerprint density at radius 1 is 1.03 bits per heavy atom. The minimum absolute atomic E-state index is 0.354. The second-order valence-corrected chi connectivity index (χ2v) is 12.5. The Balaban J connectivity index is 1.75. The Kier molecular flexibility index (Phi) is 7.81. The van der Waals surface area contributed by atoms with Crippen molar-refractivity contribution in [1.29, 1.82) is 0 Å². The first-order chi connectivity index (χ1) is 14.6. The van der Waals surface area contributed by atoms with Crippen LogP contribution < -0.4 is 0 Å². The molecule has 3 aliphatic rings. The van der Waals surface area contributed by atoms with Gasteiger partial charge in [-0.25, -0.2) is 0 Å². The van der Waals surface area contributed by atoms with Gasteiger partial charge in [-0.15, -0.1) is 0 Å². The Labute approximate surface area is 194 Å². The van der Waals surface area contributed by atoms with Crippen LogP contribution in [0.1, 0.15) is 106 Å². The molecule has 3 rings (SSSR count). The van der Waals surface area contributed by atoms with Crippen molar-refractivity contribution in [2.24, 2.45) is 40.4 Å². The van der Waals surface area contributed by atoms with Gasteiger partial charge in [-0.1, -0.05) is 84.9 Å². The van der Waals surface area contributed by atoms with Crippen molar-refractivity contribution >= 4 is 0 Å². The second-order valence-electron chi connectivity index (χ2n) is 12.5. The second kappa shape index (κ2) is 9.84. The summed E-state index contributed by atoms with van der Waals surface area (Å²) < 4.78 is 0. The molecule has 0 aliphatic heterocycles. The van der Waals surface area contributed by atoms with Gasteiger partial charge in [-0.05, 0) is 109 Å². The van der Waals surface area contributed by atoms with Crippen LogP contribution in [0.4, 0.5) is 0 Å². The van der Waals surface area contributed by atoms with Gasteiger partial charge in [0.05, 0.1) is 0 Å². The summed E-state index contributed by atoms with van der Waals surface area (Å²) in [5.41, 5.74) is 5.55. The van der Waals surface area contributed by atoms with Crippen molar-refractivity contribution in [3.8, 4) is 0 Å². The van der Waals surface area contributed by atoms with Gasteiger partial charge in [0.2, 0.25) is 0 Å². The molecule has 0 bridgehead atoms. The molecular formula is C31H50. The van der Waals surface area contributed by atoms with Crippen molar-refractivity contribution in [2.75, 3.05) is 0 Å². The lowest BCUT2D eigenvalue weighted by Crippen LogP contribution is -2.35. The van der Waals surface area contributed by atoms with E-state index in [1.807, 2.05) is 0 Å². The average Bonchev–Trinajstić information content (AvgIpc) is 3.07. The number of allylic oxidation sites excluding steroid dienone is 7. The van der Waals surface area contributed by atoms with Crippen LogP contribution in [0.15, 0.2) is 47.6 Å². The number of fused-ring (bicyclic) bond motifs is 1.